The molecule has 1 aromatic heterocycles. The lowest BCUT2D eigenvalue weighted by atomic mass is 10.1. The van der Waals surface area contributed by atoms with Gasteiger partial charge in [-0.2, -0.15) is 0 Å². The number of hydrogen-bond acceptors (Lipinski definition) is 4. The maximum atomic E-state index is 14.7. The van der Waals surface area contributed by atoms with Crippen molar-refractivity contribution in [2.45, 2.75) is 26.9 Å². The minimum atomic E-state index is -0.151. The highest BCUT2D eigenvalue weighted by Crippen LogP contribution is 2.22. The van der Waals surface area contributed by atoms with Crippen LogP contribution in [0.4, 0.5) is 10.1 Å². The zero-order valence-electron chi connectivity index (χ0n) is 17.0. The van der Waals surface area contributed by atoms with E-state index < -0.39 is 0 Å². The number of aliphatic imine (C=N–C) groups is 1. The molecule has 0 amide bonds. The highest BCUT2D eigenvalue weighted by Gasteiger charge is 2.18. The van der Waals surface area contributed by atoms with Crippen LogP contribution in [-0.4, -0.2) is 50.6 Å². The lowest BCUT2D eigenvalue weighted by molar-refractivity contribution is 0.270. The van der Waals surface area contributed by atoms with E-state index in [1.165, 1.54) is 10.4 Å². The first-order valence-electron chi connectivity index (χ1n) is 9.84. The molecule has 1 aromatic carbocycles. The van der Waals surface area contributed by atoms with E-state index in [0.29, 0.717) is 18.2 Å². The van der Waals surface area contributed by atoms with Crippen molar-refractivity contribution in [3.8, 4) is 0 Å². The van der Waals surface area contributed by atoms with Crippen molar-refractivity contribution in [1.82, 2.24) is 15.5 Å². The molecule has 0 aliphatic carbocycles. The van der Waals surface area contributed by atoms with Crippen molar-refractivity contribution >= 4 is 23.0 Å². The van der Waals surface area contributed by atoms with Gasteiger partial charge in [0, 0.05) is 44.6 Å². The Morgan fingerprint density at radius 3 is 2.50 bits per heavy atom. The Morgan fingerprint density at radius 2 is 1.89 bits per heavy atom. The summed E-state index contributed by atoms with van der Waals surface area (Å²) >= 11 is 1.73. The van der Waals surface area contributed by atoms with Crippen LogP contribution < -0.4 is 15.5 Å². The smallest absolute Gasteiger partial charge is 0.191 e. The standard InChI is InChI=1S/C21H30FN5S/c1-4-26-8-10-27(11-9-26)19-6-5-17(13-18(19)22)14-24-21(23-3)25-15-20-16(2)7-12-28-20/h5-7,12-13H,4,8-11,14-15H2,1-3H3,(H2,23,24,25). The van der Waals surface area contributed by atoms with Gasteiger partial charge < -0.3 is 20.4 Å². The average Bonchev–Trinajstić information content (AvgIpc) is 3.13. The van der Waals surface area contributed by atoms with E-state index in [2.05, 4.69) is 50.7 Å². The number of rotatable bonds is 6. The number of nitrogens with zero attached hydrogens (tertiary/aromatic N) is 3. The van der Waals surface area contributed by atoms with Gasteiger partial charge in [-0.1, -0.05) is 13.0 Å². The second-order valence-corrected chi connectivity index (χ2v) is 8.01. The van der Waals surface area contributed by atoms with Crippen molar-refractivity contribution in [3.05, 3.63) is 51.5 Å². The number of hydrogen-bond donors (Lipinski definition) is 2. The highest BCUT2D eigenvalue weighted by atomic mass is 32.1. The Labute approximate surface area is 171 Å². The van der Waals surface area contributed by atoms with Gasteiger partial charge >= 0.3 is 0 Å². The quantitative estimate of drug-likeness (QED) is 0.574. The number of benzene rings is 1. The van der Waals surface area contributed by atoms with Crippen LogP contribution >= 0.6 is 11.3 Å². The number of guanidine groups is 1. The van der Waals surface area contributed by atoms with Crippen molar-refractivity contribution in [1.29, 1.82) is 0 Å². The van der Waals surface area contributed by atoms with Gasteiger partial charge in [0.05, 0.1) is 12.2 Å². The van der Waals surface area contributed by atoms with Gasteiger partial charge in [-0.05, 0) is 48.2 Å². The fourth-order valence-electron chi connectivity index (χ4n) is 3.38. The zero-order chi connectivity index (χ0) is 19.9. The Morgan fingerprint density at radius 1 is 1.14 bits per heavy atom. The van der Waals surface area contributed by atoms with Gasteiger partial charge in [0.15, 0.2) is 5.96 Å². The zero-order valence-corrected chi connectivity index (χ0v) is 17.8. The summed E-state index contributed by atoms with van der Waals surface area (Å²) in [6.45, 7) is 10.3. The number of thiophene rings is 1. The van der Waals surface area contributed by atoms with Crippen molar-refractivity contribution in [3.63, 3.8) is 0 Å². The molecular weight excluding hydrogens is 373 g/mol. The fourth-order valence-corrected chi connectivity index (χ4v) is 4.22. The highest BCUT2D eigenvalue weighted by molar-refractivity contribution is 7.10. The lowest BCUT2D eigenvalue weighted by Crippen LogP contribution is -2.46. The minimum absolute atomic E-state index is 0.151. The summed E-state index contributed by atoms with van der Waals surface area (Å²) in [5.41, 5.74) is 2.89. The predicted molar refractivity (Wildman–Crippen MR) is 117 cm³/mol. The molecule has 152 valence electrons. The maximum Gasteiger partial charge on any atom is 0.191 e. The number of anilines is 1. The molecule has 0 bridgehead atoms. The van der Waals surface area contributed by atoms with Crippen molar-refractivity contribution < 1.29 is 4.39 Å². The van der Waals surface area contributed by atoms with Crippen LogP contribution in [0.5, 0.6) is 0 Å². The fraction of sp³-hybridized carbons (Fsp3) is 0.476. The van der Waals surface area contributed by atoms with E-state index in [1.54, 1.807) is 24.5 Å². The summed E-state index contributed by atoms with van der Waals surface area (Å²) in [6, 6.07) is 7.64. The first kappa shape index (κ1) is 20.6. The van der Waals surface area contributed by atoms with E-state index >= 15 is 0 Å². The summed E-state index contributed by atoms with van der Waals surface area (Å²) in [6.07, 6.45) is 0. The van der Waals surface area contributed by atoms with Crippen LogP contribution in [0.2, 0.25) is 0 Å². The molecule has 7 heteroatoms. The van der Waals surface area contributed by atoms with Crippen molar-refractivity contribution in [2.75, 3.05) is 44.7 Å². The molecule has 1 saturated heterocycles. The molecule has 28 heavy (non-hydrogen) atoms. The van der Waals surface area contributed by atoms with Crippen LogP contribution in [0.3, 0.4) is 0 Å². The van der Waals surface area contributed by atoms with Crippen molar-refractivity contribution in [2.24, 2.45) is 4.99 Å². The molecule has 0 radical (unpaired) electrons. The van der Waals surface area contributed by atoms with Crippen LogP contribution in [0.15, 0.2) is 34.6 Å². The Hall–Kier alpha value is -2.12. The number of halogens is 1. The van der Waals surface area contributed by atoms with Gasteiger partial charge in [0.1, 0.15) is 5.82 Å². The van der Waals surface area contributed by atoms with Crippen LogP contribution in [0.25, 0.3) is 0 Å². The van der Waals surface area contributed by atoms with Crippen LogP contribution in [-0.2, 0) is 13.1 Å². The molecule has 2 heterocycles. The SMILES string of the molecule is CCN1CCN(c2ccc(CNC(=NC)NCc3sccc3C)cc2F)CC1. The van der Waals surface area contributed by atoms with Gasteiger partial charge in [-0.25, -0.2) is 4.39 Å². The van der Waals surface area contributed by atoms with Gasteiger partial charge in [-0.15, -0.1) is 11.3 Å². The van der Waals surface area contributed by atoms with E-state index in [4.69, 9.17) is 0 Å². The van der Waals surface area contributed by atoms with E-state index in [0.717, 1.165) is 44.8 Å². The van der Waals surface area contributed by atoms with Gasteiger partial charge in [-0.3, -0.25) is 4.99 Å². The van der Waals surface area contributed by atoms with Crippen LogP contribution in [0, 0.1) is 12.7 Å². The van der Waals surface area contributed by atoms with Gasteiger partial charge in [0.25, 0.3) is 0 Å². The van der Waals surface area contributed by atoms with E-state index in [-0.39, 0.29) is 5.82 Å². The second-order valence-electron chi connectivity index (χ2n) is 7.01. The Bertz CT molecular complexity index is 796. The molecule has 0 spiro atoms. The molecule has 0 atom stereocenters. The molecule has 2 N–H and O–H groups in total. The maximum absolute atomic E-state index is 14.7. The largest absolute Gasteiger partial charge is 0.367 e. The summed E-state index contributed by atoms with van der Waals surface area (Å²) < 4.78 is 14.7. The molecule has 0 unspecified atom stereocenters. The molecule has 1 aliphatic rings. The van der Waals surface area contributed by atoms with E-state index in [1.807, 2.05) is 12.1 Å². The Balaban J connectivity index is 1.53. The summed E-state index contributed by atoms with van der Waals surface area (Å²) in [5, 5.41) is 8.67. The number of piperazine rings is 1. The minimum Gasteiger partial charge on any atom is -0.367 e. The molecule has 1 fully saturated rings. The summed E-state index contributed by atoms with van der Waals surface area (Å²) in [4.78, 5) is 10.1. The first-order valence-corrected chi connectivity index (χ1v) is 10.7. The molecule has 0 saturated carbocycles. The number of likely N-dealkylation sites (N-methyl/N-ethyl adjacent to an activating group) is 1. The third kappa shape index (κ3) is 5.23. The predicted octanol–water partition coefficient (Wildman–Crippen LogP) is 3.20. The topological polar surface area (TPSA) is 42.9 Å². The first-order chi connectivity index (χ1) is 13.6. The van der Waals surface area contributed by atoms with Gasteiger partial charge in [0.2, 0.25) is 0 Å². The normalized spacial score (nSPS) is 15.7. The number of aryl methyl sites for hydroxylation is 1. The molecule has 1 aliphatic heterocycles. The third-order valence-electron chi connectivity index (χ3n) is 5.24. The lowest BCUT2D eigenvalue weighted by Gasteiger charge is -2.35. The average molecular weight is 404 g/mol. The Kier molecular flexibility index (Phi) is 7.28. The van der Waals surface area contributed by atoms with Crippen LogP contribution in [0.1, 0.15) is 22.9 Å². The molecule has 5 nitrogen and oxygen atoms in total. The molecular formula is C21H30FN5S. The van der Waals surface area contributed by atoms with E-state index in [9.17, 15) is 4.39 Å². The summed E-state index contributed by atoms with van der Waals surface area (Å²) in [5.74, 6) is 0.564. The number of nitrogens with one attached hydrogen (secondary N) is 2. The second kappa shape index (κ2) is 9.89. The third-order valence-corrected chi connectivity index (χ3v) is 6.26. The summed E-state index contributed by atoms with van der Waals surface area (Å²) in [7, 11) is 1.75. The molecule has 3 rings (SSSR count). The monoisotopic (exact) mass is 403 g/mol. The molecule has 2 aromatic rings.